The number of carbonyl (C=O) groups is 2. The van der Waals surface area contributed by atoms with Gasteiger partial charge >= 0.3 is 0 Å². The highest BCUT2D eigenvalue weighted by molar-refractivity contribution is 6.30. The number of halogens is 1. The number of nitrogens with one attached hydrogen (secondary N) is 1. The maximum absolute atomic E-state index is 11.5. The van der Waals surface area contributed by atoms with E-state index in [9.17, 15) is 9.59 Å². The van der Waals surface area contributed by atoms with Crippen molar-refractivity contribution in [1.82, 2.24) is 5.32 Å². The molecule has 0 heterocycles. The molecule has 1 aromatic carbocycles. The summed E-state index contributed by atoms with van der Waals surface area (Å²) in [5, 5.41) is 3.55. The molecule has 17 heavy (non-hydrogen) atoms. The van der Waals surface area contributed by atoms with E-state index in [-0.39, 0.29) is 17.6 Å². The van der Waals surface area contributed by atoms with Crippen LogP contribution in [0.25, 0.3) is 0 Å². The Labute approximate surface area is 105 Å². The van der Waals surface area contributed by atoms with Gasteiger partial charge in [0, 0.05) is 24.4 Å². The summed E-state index contributed by atoms with van der Waals surface area (Å²) >= 11 is 5.86. The van der Waals surface area contributed by atoms with Crippen molar-refractivity contribution < 1.29 is 9.59 Å². The number of hydrogen-bond acceptors (Lipinski definition) is 2. The minimum absolute atomic E-state index is 0.00775. The number of benzene rings is 1. The second kappa shape index (κ2) is 5.32. The van der Waals surface area contributed by atoms with E-state index in [1.807, 2.05) is 24.3 Å². The van der Waals surface area contributed by atoms with Crippen molar-refractivity contribution in [1.29, 1.82) is 0 Å². The van der Waals surface area contributed by atoms with E-state index >= 15 is 0 Å². The number of ketones is 1. The normalized spacial score (nSPS) is 15.5. The van der Waals surface area contributed by atoms with Gasteiger partial charge in [-0.1, -0.05) is 23.7 Å². The van der Waals surface area contributed by atoms with Gasteiger partial charge in [0.15, 0.2) is 0 Å². The van der Waals surface area contributed by atoms with E-state index in [1.54, 1.807) is 0 Å². The Hall–Kier alpha value is -1.35. The van der Waals surface area contributed by atoms with Crippen LogP contribution in [0.4, 0.5) is 0 Å². The molecule has 0 saturated heterocycles. The summed E-state index contributed by atoms with van der Waals surface area (Å²) in [6.07, 6.45) is 1.57. The molecule has 0 radical (unpaired) electrons. The van der Waals surface area contributed by atoms with Crippen molar-refractivity contribution in [2.24, 2.45) is 5.92 Å². The first-order chi connectivity index (χ1) is 8.15. The standard InChI is InChI=1S/C13H14ClNO2/c14-11-3-1-2-9(6-11)4-5-15-13(17)10-7-12(16)8-10/h1-3,6,10H,4-5,7-8H2,(H,15,17). The van der Waals surface area contributed by atoms with Gasteiger partial charge in [-0.25, -0.2) is 0 Å². The van der Waals surface area contributed by atoms with E-state index in [0.29, 0.717) is 24.4 Å². The molecule has 0 unspecified atom stereocenters. The zero-order chi connectivity index (χ0) is 12.3. The molecule has 1 amide bonds. The average Bonchev–Trinajstić information content (AvgIpc) is 2.25. The average molecular weight is 252 g/mol. The number of hydrogen-bond donors (Lipinski definition) is 1. The van der Waals surface area contributed by atoms with E-state index in [1.165, 1.54) is 0 Å². The summed E-state index contributed by atoms with van der Waals surface area (Å²) in [5.74, 6) is 0.0773. The Morgan fingerprint density at radius 3 is 2.82 bits per heavy atom. The molecular weight excluding hydrogens is 238 g/mol. The molecule has 0 atom stereocenters. The second-order valence-electron chi connectivity index (χ2n) is 4.31. The minimum Gasteiger partial charge on any atom is -0.356 e. The Balaban J connectivity index is 1.72. The van der Waals surface area contributed by atoms with Gasteiger partial charge in [-0.15, -0.1) is 0 Å². The van der Waals surface area contributed by atoms with Crippen molar-refractivity contribution >= 4 is 23.3 Å². The molecule has 90 valence electrons. The van der Waals surface area contributed by atoms with Gasteiger partial charge in [-0.2, -0.15) is 0 Å². The van der Waals surface area contributed by atoms with Crippen molar-refractivity contribution in [2.75, 3.05) is 6.54 Å². The highest BCUT2D eigenvalue weighted by atomic mass is 35.5. The molecule has 0 aromatic heterocycles. The number of amides is 1. The van der Waals surface area contributed by atoms with Crippen LogP contribution >= 0.6 is 11.6 Å². The Kier molecular flexibility index (Phi) is 3.79. The molecule has 2 rings (SSSR count). The lowest BCUT2D eigenvalue weighted by Crippen LogP contribution is -2.39. The van der Waals surface area contributed by atoms with Crippen molar-refractivity contribution in [3.8, 4) is 0 Å². The molecule has 1 saturated carbocycles. The van der Waals surface area contributed by atoms with Crippen LogP contribution in [0, 0.1) is 5.92 Å². The van der Waals surface area contributed by atoms with Crippen LogP contribution in [-0.4, -0.2) is 18.2 Å². The molecule has 1 aromatic rings. The smallest absolute Gasteiger partial charge is 0.224 e. The zero-order valence-electron chi connectivity index (χ0n) is 9.41. The Morgan fingerprint density at radius 1 is 1.41 bits per heavy atom. The van der Waals surface area contributed by atoms with Gasteiger partial charge in [-0.3, -0.25) is 9.59 Å². The fraction of sp³-hybridized carbons (Fsp3) is 0.385. The summed E-state index contributed by atoms with van der Waals surface area (Å²) in [7, 11) is 0. The van der Waals surface area contributed by atoms with E-state index in [0.717, 1.165) is 12.0 Å². The third-order valence-electron chi connectivity index (χ3n) is 2.92. The van der Waals surface area contributed by atoms with Gasteiger partial charge in [-0.05, 0) is 24.1 Å². The van der Waals surface area contributed by atoms with Crippen LogP contribution in [0.5, 0.6) is 0 Å². The fourth-order valence-electron chi connectivity index (χ4n) is 1.84. The Bertz CT molecular complexity index is 437. The summed E-state index contributed by atoms with van der Waals surface area (Å²) in [4.78, 5) is 22.3. The van der Waals surface area contributed by atoms with Gasteiger partial charge in [0.1, 0.15) is 5.78 Å². The third kappa shape index (κ3) is 3.30. The first-order valence-electron chi connectivity index (χ1n) is 5.69. The van der Waals surface area contributed by atoms with Crippen molar-refractivity contribution in [3.63, 3.8) is 0 Å². The second-order valence-corrected chi connectivity index (χ2v) is 4.75. The van der Waals surface area contributed by atoms with E-state index < -0.39 is 0 Å². The number of carbonyl (C=O) groups excluding carboxylic acids is 2. The molecule has 1 fully saturated rings. The highest BCUT2D eigenvalue weighted by Crippen LogP contribution is 2.22. The molecule has 3 nitrogen and oxygen atoms in total. The number of rotatable bonds is 4. The first kappa shape index (κ1) is 12.1. The molecule has 1 aliphatic rings. The van der Waals surface area contributed by atoms with Crippen molar-refractivity contribution in [3.05, 3.63) is 34.9 Å². The molecule has 0 spiro atoms. The lowest BCUT2D eigenvalue weighted by atomic mass is 9.83. The maximum atomic E-state index is 11.5. The van der Waals surface area contributed by atoms with Crippen LogP contribution in [0.1, 0.15) is 18.4 Å². The molecular formula is C13H14ClNO2. The van der Waals surface area contributed by atoms with Gasteiger partial charge < -0.3 is 5.32 Å². The monoisotopic (exact) mass is 251 g/mol. The summed E-state index contributed by atoms with van der Waals surface area (Å²) < 4.78 is 0. The summed E-state index contributed by atoms with van der Waals surface area (Å²) in [6, 6.07) is 7.58. The van der Waals surface area contributed by atoms with Crippen LogP contribution < -0.4 is 5.32 Å². The Morgan fingerprint density at radius 2 is 2.18 bits per heavy atom. The van der Waals surface area contributed by atoms with E-state index in [2.05, 4.69) is 5.32 Å². The minimum atomic E-state index is -0.0955. The molecule has 0 aliphatic heterocycles. The molecule has 1 N–H and O–H groups in total. The quantitative estimate of drug-likeness (QED) is 0.890. The summed E-state index contributed by atoms with van der Waals surface area (Å²) in [6.45, 7) is 0.587. The van der Waals surface area contributed by atoms with Crippen LogP contribution in [0.15, 0.2) is 24.3 Å². The van der Waals surface area contributed by atoms with Crippen LogP contribution in [-0.2, 0) is 16.0 Å². The molecule has 1 aliphatic carbocycles. The van der Waals surface area contributed by atoms with Crippen LogP contribution in [0.3, 0.4) is 0 Å². The predicted molar refractivity (Wildman–Crippen MR) is 65.9 cm³/mol. The largest absolute Gasteiger partial charge is 0.356 e. The van der Waals surface area contributed by atoms with Crippen molar-refractivity contribution in [2.45, 2.75) is 19.3 Å². The van der Waals surface area contributed by atoms with Gasteiger partial charge in [0.2, 0.25) is 5.91 Å². The predicted octanol–water partition coefficient (Wildman–Crippen LogP) is 1.98. The SMILES string of the molecule is O=C1CC(C(=O)NCCc2cccc(Cl)c2)C1. The third-order valence-corrected chi connectivity index (χ3v) is 3.16. The van der Waals surface area contributed by atoms with Crippen LogP contribution in [0.2, 0.25) is 5.02 Å². The van der Waals surface area contributed by atoms with Gasteiger partial charge in [0.05, 0.1) is 5.92 Å². The molecule has 4 heteroatoms. The fourth-order valence-corrected chi connectivity index (χ4v) is 2.05. The maximum Gasteiger partial charge on any atom is 0.224 e. The summed E-state index contributed by atoms with van der Waals surface area (Å²) in [5.41, 5.74) is 1.10. The highest BCUT2D eigenvalue weighted by Gasteiger charge is 2.32. The van der Waals surface area contributed by atoms with Gasteiger partial charge in [0.25, 0.3) is 0 Å². The molecule has 0 bridgehead atoms. The zero-order valence-corrected chi connectivity index (χ0v) is 10.2. The lowest BCUT2D eigenvalue weighted by molar-refractivity contribution is -0.137. The number of Topliss-reactive ketones (excluding diaryl/α,β-unsaturated/α-hetero) is 1. The van der Waals surface area contributed by atoms with E-state index in [4.69, 9.17) is 11.6 Å². The first-order valence-corrected chi connectivity index (χ1v) is 6.07. The lowest BCUT2D eigenvalue weighted by Gasteiger charge is -2.22. The topological polar surface area (TPSA) is 46.2 Å².